The van der Waals surface area contributed by atoms with E-state index in [1.54, 1.807) is 30.4 Å². The van der Waals surface area contributed by atoms with Crippen molar-refractivity contribution >= 4 is 39.2 Å². The molecule has 0 spiro atoms. The molecule has 6 nitrogen and oxygen atoms in total. The fraction of sp³-hybridized carbons (Fsp3) is 0.227. The molecule has 2 aromatic carbocycles. The lowest BCUT2D eigenvalue weighted by Gasteiger charge is -2.20. The molecule has 0 aliphatic heterocycles. The summed E-state index contributed by atoms with van der Waals surface area (Å²) in [5, 5.41) is 0.876. The predicted molar refractivity (Wildman–Crippen MR) is 114 cm³/mol. The Morgan fingerprint density at radius 2 is 1.86 bits per heavy atom. The fourth-order valence-electron chi connectivity index (χ4n) is 2.81. The summed E-state index contributed by atoms with van der Waals surface area (Å²) in [6.07, 6.45) is 0.658. The van der Waals surface area contributed by atoms with E-state index in [0.29, 0.717) is 17.9 Å². The Morgan fingerprint density at radius 3 is 2.59 bits per heavy atom. The number of thiazole rings is 1. The highest BCUT2D eigenvalue weighted by Crippen LogP contribution is 2.23. The van der Waals surface area contributed by atoms with E-state index in [0.717, 1.165) is 25.7 Å². The van der Waals surface area contributed by atoms with Crippen LogP contribution in [0.3, 0.4) is 0 Å². The molecule has 0 radical (unpaired) electrons. The van der Waals surface area contributed by atoms with Crippen molar-refractivity contribution in [3.8, 4) is 0 Å². The second-order valence-electron chi connectivity index (χ2n) is 6.49. The van der Waals surface area contributed by atoms with E-state index in [1.807, 2.05) is 43.3 Å². The number of rotatable bonds is 6. The van der Waals surface area contributed by atoms with Gasteiger partial charge in [-0.05, 0) is 43.2 Å². The number of hydrogen-bond acceptors (Lipinski definition) is 6. The van der Waals surface area contributed by atoms with Crippen LogP contribution >= 0.6 is 11.3 Å². The van der Waals surface area contributed by atoms with Crippen molar-refractivity contribution in [1.82, 2.24) is 4.98 Å². The van der Waals surface area contributed by atoms with E-state index in [2.05, 4.69) is 4.98 Å². The standard InChI is InChI=1S/C22H22N2O4S/c1-15(13-28-14-20-23-17-9-5-7-11-19(17)29-20)12-21(25)24(22(26)27-3)18-10-6-4-8-16(18)2/h4-12H,13-14H2,1-3H3. The molecule has 0 bridgehead atoms. The third-order valence-corrected chi connectivity index (χ3v) is 5.21. The number of anilines is 1. The van der Waals surface area contributed by atoms with Gasteiger partial charge in [0.05, 0.1) is 36.2 Å². The van der Waals surface area contributed by atoms with Crippen LogP contribution in [0.15, 0.2) is 60.2 Å². The van der Waals surface area contributed by atoms with E-state index in [4.69, 9.17) is 9.47 Å². The number of methoxy groups -OCH3 is 1. The summed E-state index contributed by atoms with van der Waals surface area (Å²) in [5.41, 5.74) is 2.93. The minimum Gasteiger partial charge on any atom is -0.452 e. The summed E-state index contributed by atoms with van der Waals surface area (Å²) in [6, 6.07) is 15.1. The summed E-state index contributed by atoms with van der Waals surface area (Å²) in [4.78, 5) is 30.5. The van der Waals surface area contributed by atoms with Crippen molar-refractivity contribution in [2.75, 3.05) is 18.6 Å². The smallest absolute Gasteiger partial charge is 0.421 e. The Kier molecular flexibility index (Phi) is 6.74. The number of ether oxygens (including phenoxy) is 2. The minimum absolute atomic E-state index is 0.254. The van der Waals surface area contributed by atoms with Crippen LogP contribution < -0.4 is 4.90 Å². The van der Waals surface area contributed by atoms with Gasteiger partial charge in [0.2, 0.25) is 0 Å². The number of nitrogens with zero attached hydrogens (tertiary/aromatic N) is 2. The second kappa shape index (κ2) is 9.45. The van der Waals surface area contributed by atoms with Crippen molar-refractivity contribution in [3.63, 3.8) is 0 Å². The van der Waals surface area contributed by atoms with Crippen LogP contribution in [0.2, 0.25) is 0 Å². The molecule has 2 amide bonds. The van der Waals surface area contributed by atoms with E-state index in [9.17, 15) is 9.59 Å². The van der Waals surface area contributed by atoms with Gasteiger partial charge in [0.1, 0.15) is 5.01 Å². The lowest BCUT2D eigenvalue weighted by atomic mass is 10.1. The van der Waals surface area contributed by atoms with Crippen LogP contribution in [0.1, 0.15) is 17.5 Å². The molecule has 150 valence electrons. The van der Waals surface area contributed by atoms with Crippen LogP contribution in [0.25, 0.3) is 10.2 Å². The number of carbonyl (C=O) groups excluding carboxylic acids is 2. The molecule has 7 heteroatoms. The van der Waals surface area contributed by atoms with E-state index in [1.165, 1.54) is 13.2 Å². The maximum absolute atomic E-state index is 12.7. The molecule has 0 aliphatic rings. The Labute approximate surface area is 173 Å². The largest absolute Gasteiger partial charge is 0.452 e. The van der Waals surface area contributed by atoms with E-state index >= 15 is 0 Å². The molecule has 0 unspecified atom stereocenters. The number of para-hydroxylation sites is 2. The van der Waals surface area contributed by atoms with Gasteiger partial charge in [-0.1, -0.05) is 30.3 Å². The van der Waals surface area contributed by atoms with Gasteiger partial charge in [0.15, 0.2) is 0 Å². The molecule has 29 heavy (non-hydrogen) atoms. The zero-order valence-corrected chi connectivity index (χ0v) is 17.4. The molecule has 0 atom stereocenters. The molecule has 1 heterocycles. The average Bonchev–Trinajstić information content (AvgIpc) is 3.12. The SMILES string of the molecule is COC(=O)N(C(=O)C=C(C)COCc1nc2ccccc2s1)c1ccccc1C. The molecular formula is C22H22N2O4S. The maximum Gasteiger partial charge on any atom is 0.421 e. The van der Waals surface area contributed by atoms with Crippen molar-refractivity contribution in [2.45, 2.75) is 20.5 Å². The number of fused-ring (bicyclic) bond motifs is 1. The lowest BCUT2D eigenvalue weighted by Crippen LogP contribution is -2.36. The number of aryl methyl sites for hydroxylation is 1. The van der Waals surface area contributed by atoms with Crippen LogP contribution in [-0.4, -0.2) is 30.7 Å². The molecule has 1 aromatic heterocycles. The summed E-state index contributed by atoms with van der Waals surface area (Å²) >= 11 is 1.58. The second-order valence-corrected chi connectivity index (χ2v) is 7.60. The minimum atomic E-state index is -0.733. The topological polar surface area (TPSA) is 68.7 Å². The monoisotopic (exact) mass is 410 g/mol. The Balaban J connectivity index is 1.65. The third-order valence-electron chi connectivity index (χ3n) is 4.20. The highest BCUT2D eigenvalue weighted by Gasteiger charge is 2.24. The van der Waals surface area contributed by atoms with Crippen molar-refractivity contribution < 1.29 is 19.1 Å². The molecule has 3 rings (SSSR count). The lowest BCUT2D eigenvalue weighted by molar-refractivity contribution is -0.113. The summed E-state index contributed by atoms with van der Waals surface area (Å²) in [6.45, 7) is 4.22. The Bertz CT molecular complexity index is 1020. The van der Waals surface area contributed by atoms with Crippen molar-refractivity contribution in [3.05, 3.63) is 70.8 Å². The van der Waals surface area contributed by atoms with Gasteiger partial charge < -0.3 is 9.47 Å². The first-order valence-corrected chi connectivity index (χ1v) is 9.88. The van der Waals surface area contributed by atoms with Crippen molar-refractivity contribution in [1.29, 1.82) is 0 Å². The predicted octanol–water partition coefficient (Wildman–Crippen LogP) is 4.87. The molecule has 0 fully saturated rings. The number of carbonyl (C=O) groups is 2. The van der Waals surface area contributed by atoms with Gasteiger partial charge in [-0.25, -0.2) is 14.7 Å². The first-order chi connectivity index (χ1) is 14.0. The molecular weight excluding hydrogens is 388 g/mol. The highest BCUT2D eigenvalue weighted by atomic mass is 32.1. The molecule has 0 saturated heterocycles. The van der Waals surface area contributed by atoms with Gasteiger partial charge in [0.25, 0.3) is 5.91 Å². The molecule has 0 saturated carbocycles. The summed E-state index contributed by atoms with van der Waals surface area (Å²) < 4.78 is 11.6. The van der Waals surface area contributed by atoms with Gasteiger partial charge in [-0.15, -0.1) is 11.3 Å². The van der Waals surface area contributed by atoms with Gasteiger partial charge in [0, 0.05) is 6.08 Å². The van der Waals surface area contributed by atoms with Crippen LogP contribution in [0.4, 0.5) is 10.5 Å². The zero-order chi connectivity index (χ0) is 20.8. The normalized spacial score (nSPS) is 11.5. The molecule has 0 N–H and O–H groups in total. The Morgan fingerprint density at radius 1 is 1.14 bits per heavy atom. The van der Waals surface area contributed by atoms with Gasteiger partial charge in [-0.2, -0.15) is 0 Å². The first-order valence-electron chi connectivity index (χ1n) is 9.06. The zero-order valence-electron chi connectivity index (χ0n) is 16.5. The highest BCUT2D eigenvalue weighted by molar-refractivity contribution is 7.18. The summed E-state index contributed by atoms with van der Waals surface area (Å²) in [7, 11) is 1.25. The van der Waals surface area contributed by atoms with Gasteiger partial charge in [-0.3, -0.25) is 4.79 Å². The number of aromatic nitrogens is 1. The Hall–Kier alpha value is -3.03. The number of imide groups is 1. The maximum atomic E-state index is 12.7. The van der Waals surface area contributed by atoms with Crippen LogP contribution in [0, 0.1) is 6.92 Å². The third kappa shape index (κ3) is 5.07. The summed E-state index contributed by atoms with van der Waals surface area (Å²) in [5.74, 6) is -0.479. The molecule has 3 aromatic rings. The number of hydrogen-bond donors (Lipinski definition) is 0. The number of amides is 2. The van der Waals surface area contributed by atoms with Gasteiger partial charge >= 0.3 is 6.09 Å². The fourth-order valence-corrected chi connectivity index (χ4v) is 3.72. The van der Waals surface area contributed by atoms with Crippen LogP contribution in [-0.2, 0) is 20.9 Å². The van der Waals surface area contributed by atoms with E-state index < -0.39 is 12.0 Å². The van der Waals surface area contributed by atoms with Crippen LogP contribution in [0.5, 0.6) is 0 Å². The average molecular weight is 410 g/mol. The number of benzene rings is 2. The quantitative estimate of drug-likeness (QED) is 0.543. The first kappa shape index (κ1) is 20.7. The molecule has 0 aliphatic carbocycles. The van der Waals surface area contributed by atoms with Crippen molar-refractivity contribution in [2.24, 2.45) is 0 Å². The van der Waals surface area contributed by atoms with E-state index in [-0.39, 0.29) is 6.61 Å².